The summed E-state index contributed by atoms with van der Waals surface area (Å²) in [6.45, 7) is 19.3. The van der Waals surface area contributed by atoms with Crippen LogP contribution in [0.3, 0.4) is 0 Å². The minimum Gasteiger partial charge on any atom is -0.465 e. The van der Waals surface area contributed by atoms with Gasteiger partial charge in [0, 0.05) is 0 Å². The molecule has 0 heterocycles. The molecule has 0 spiro atoms. The van der Waals surface area contributed by atoms with Crippen LogP contribution in [-0.4, -0.2) is 25.2 Å². The molecule has 0 aliphatic heterocycles. The largest absolute Gasteiger partial charge is 0.465 e. The van der Waals surface area contributed by atoms with Crippen molar-refractivity contribution in [3.63, 3.8) is 0 Å². The van der Waals surface area contributed by atoms with Crippen LogP contribution in [0.25, 0.3) is 0 Å². The Morgan fingerprint density at radius 1 is 0.667 bits per heavy atom. The van der Waals surface area contributed by atoms with E-state index in [1.807, 2.05) is 0 Å². The minimum absolute atomic E-state index is 0.0575. The summed E-state index contributed by atoms with van der Waals surface area (Å²) in [5.74, 6) is 0.562. The zero-order valence-corrected chi connectivity index (χ0v) is 25.3. The van der Waals surface area contributed by atoms with Gasteiger partial charge in [-0.3, -0.25) is 9.59 Å². The van der Waals surface area contributed by atoms with Crippen molar-refractivity contribution >= 4 is 11.9 Å². The van der Waals surface area contributed by atoms with Gasteiger partial charge in [0.2, 0.25) is 0 Å². The summed E-state index contributed by atoms with van der Waals surface area (Å²) >= 11 is 0. The summed E-state index contributed by atoms with van der Waals surface area (Å²) in [7, 11) is 0. The molecule has 0 aromatic rings. The summed E-state index contributed by atoms with van der Waals surface area (Å²) < 4.78 is 11.3. The molecular weight excluding hydrogens is 448 g/mol. The smallest absolute Gasteiger partial charge is 0.308 e. The average Bonchev–Trinajstić information content (AvgIpc) is 2.86. The number of hydrogen-bond acceptors (Lipinski definition) is 4. The van der Waals surface area contributed by atoms with Crippen molar-refractivity contribution in [2.24, 2.45) is 34.5 Å². The fourth-order valence-electron chi connectivity index (χ4n) is 4.96. The second kappa shape index (κ2) is 16.7. The average molecular weight is 509 g/mol. The van der Waals surface area contributed by atoms with Gasteiger partial charge in [0.15, 0.2) is 0 Å². The summed E-state index contributed by atoms with van der Waals surface area (Å²) in [4.78, 5) is 25.1. The normalized spacial score (nSPS) is 20.6. The Hall–Kier alpha value is -1.06. The molecule has 4 nitrogen and oxygen atoms in total. The molecule has 0 amide bonds. The molecule has 2 atom stereocenters. The lowest BCUT2D eigenvalue weighted by Crippen LogP contribution is -2.29. The standard InChI is InChI=1S/C32H60O4/c1-9-31(5,6)21-13-11-15-25(3)23-35-29(33)27-17-19-28(20-18-27)30(34)36-24-26(4)16-12-14-22-32(7,8)10-2/h25-28H,9-24H2,1-8H3. The third-order valence-corrected chi connectivity index (χ3v) is 8.93. The third kappa shape index (κ3) is 14.0. The summed E-state index contributed by atoms with van der Waals surface area (Å²) in [6.07, 6.45) is 15.0. The Bertz CT molecular complexity index is 562. The minimum atomic E-state index is -0.0688. The Balaban J connectivity index is 2.17. The van der Waals surface area contributed by atoms with Crippen LogP contribution in [0.1, 0.15) is 145 Å². The highest BCUT2D eigenvalue weighted by atomic mass is 16.5. The lowest BCUT2D eigenvalue weighted by molar-refractivity contribution is -0.156. The summed E-state index contributed by atoms with van der Waals surface area (Å²) in [5, 5.41) is 0. The fourth-order valence-corrected chi connectivity index (χ4v) is 4.96. The van der Waals surface area contributed by atoms with Gasteiger partial charge in [-0.1, -0.05) is 93.9 Å². The SMILES string of the molecule is CCC(C)(C)CCCCC(C)COC(=O)C1CCC(C(=O)OCC(C)CCCCC(C)(C)CC)CC1. The first-order valence-corrected chi connectivity index (χ1v) is 15.2. The maximum atomic E-state index is 12.6. The first-order valence-electron chi connectivity index (χ1n) is 15.2. The van der Waals surface area contributed by atoms with Crippen molar-refractivity contribution < 1.29 is 19.1 Å². The highest BCUT2D eigenvalue weighted by Gasteiger charge is 2.32. The highest BCUT2D eigenvalue weighted by Crippen LogP contribution is 2.32. The van der Waals surface area contributed by atoms with Crippen LogP contribution in [0.2, 0.25) is 0 Å². The summed E-state index contributed by atoms with van der Waals surface area (Å²) in [5.41, 5.74) is 0.871. The zero-order valence-electron chi connectivity index (χ0n) is 25.3. The maximum absolute atomic E-state index is 12.6. The predicted octanol–water partition coefficient (Wildman–Crippen LogP) is 9.14. The number of ether oxygens (including phenoxy) is 2. The molecule has 212 valence electrons. The van der Waals surface area contributed by atoms with Gasteiger partial charge >= 0.3 is 11.9 Å². The van der Waals surface area contributed by atoms with Crippen LogP contribution in [0.15, 0.2) is 0 Å². The van der Waals surface area contributed by atoms with E-state index in [-0.39, 0.29) is 23.8 Å². The molecule has 4 heteroatoms. The molecule has 1 fully saturated rings. The van der Waals surface area contributed by atoms with Crippen molar-refractivity contribution in [3.05, 3.63) is 0 Å². The van der Waals surface area contributed by atoms with E-state index in [2.05, 4.69) is 55.4 Å². The van der Waals surface area contributed by atoms with Crippen molar-refractivity contribution in [3.8, 4) is 0 Å². The molecule has 0 aromatic carbocycles. The van der Waals surface area contributed by atoms with Crippen LogP contribution >= 0.6 is 0 Å². The van der Waals surface area contributed by atoms with Gasteiger partial charge in [0.05, 0.1) is 25.0 Å². The monoisotopic (exact) mass is 508 g/mol. The van der Waals surface area contributed by atoms with E-state index in [0.29, 0.717) is 35.9 Å². The van der Waals surface area contributed by atoms with Gasteiger partial charge in [-0.25, -0.2) is 0 Å². The van der Waals surface area contributed by atoms with Crippen LogP contribution < -0.4 is 0 Å². The van der Waals surface area contributed by atoms with E-state index < -0.39 is 0 Å². The molecule has 1 rings (SSSR count). The molecule has 2 unspecified atom stereocenters. The maximum Gasteiger partial charge on any atom is 0.308 e. The highest BCUT2D eigenvalue weighted by molar-refractivity contribution is 5.75. The second-order valence-corrected chi connectivity index (χ2v) is 13.5. The molecule has 0 bridgehead atoms. The van der Waals surface area contributed by atoms with Crippen molar-refractivity contribution in [2.45, 2.75) is 145 Å². The molecule has 1 aliphatic rings. The molecule has 0 N–H and O–H groups in total. The molecule has 36 heavy (non-hydrogen) atoms. The van der Waals surface area contributed by atoms with E-state index in [0.717, 1.165) is 38.5 Å². The van der Waals surface area contributed by atoms with Crippen molar-refractivity contribution in [1.29, 1.82) is 0 Å². The number of esters is 2. The topological polar surface area (TPSA) is 52.6 Å². The van der Waals surface area contributed by atoms with Crippen molar-refractivity contribution in [2.75, 3.05) is 13.2 Å². The van der Waals surface area contributed by atoms with Gasteiger partial charge < -0.3 is 9.47 Å². The fraction of sp³-hybridized carbons (Fsp3) is 0.938. The molecule has 1 saturated carbocycles. The molecule has 1 aliphatic carbocycles. The van der Waals surface area contributed by atoms with Crippen LogP contribution in [0.5, 0.6) is 0 Å². The first kappa shape index (κ1) is 33.0. The lowest BCUT2D eigenvalue weighted by atomic mass is 9.82. The molecule has 0 radical (unpaired) electrons. The van der Waals surface area contributed by atoms with Crippen molar-refractivity contribution in [1.82, 2.24) is 0 Å². The van der Waals surface area contributed by atoms with Gasteiger partial charge in [0.25, 0.3) is 0 Å². The second-order valence-electron chi connectivity index (χ2n) is 13.5. The van der Waals surface area contributed by atoms with Crippen LogP contribution in [0, 0.1) is 34.5 Å². The number of hydrogen-bond donors (Lipinski definition) is 0. The number of rotatable bonds is 18. The Morgan fingerprint density at radius 3 is 1.31 bits per heavy atom. The van der Waals surface area contributed by atoms with E-state index in [9.17, 15) is 9.59 Å². The quantitative estimate of drug-likeness (QED) is 0.137. The van der Waals surface area contributed by atoms with Gasteiger partial charge in [-0.05, 0) is 74.0 Å². The number of unbranched alkanes of at least 4 members (excludes halogenated alkanes) is 2. The number of carbonyl (C=O) groups is 2. The van der Waals surface area contributed by atoms with Gasteiger partial charge in [-0.2, -0.15) is 0 Å². The lowest BCUT2D eigenvalue weighted by Gasteiger charge is -2.27. The van der Waals surface area contributed by atoms with E-state index in [1.54, 1.807) is 0 Å². The zero-order chi connectivity index (χ0) is 27.2. The van der Waals surface area contributed by atoms with Crippen LogP contribution in [-0.2, 0) is 19.1 Å². The number of carbonyl (C=O) groups excluding carboxylic acids is 2. The molecular formula is C32H60O4. The van der Waals surface area contributed by atoms with E-state index in [4.69, 9.17) is 9.47 Å². The predicted molar refractivity (Wildman–Crippen MR) is 151 cm³/mol. The Morgan fingerprint density at radius 2 is 1.00 bits per heavy atom. The van der Waals surface area contributed by atoms with Gasteiger partial charge in [-0.15, -0.1) is 0 Å². The van der Waals surface area contributed by atoms with E-state index in [1.165, 1.54) is 51.4 Å². The summed E-state index contributed by atoms with van der Waals surface area (Å²) in [6, 6.07) is 0. The third-order valence-electron chi connectivity index (χ3n) is 8.93. The molecule has 0 saturated heterocycles. The Labute approximate surface area is 224 Å². The van der Waals surface area contributed by atoms with Crippen LogP contribution in [0.4, 0.5) is 0 Å². The molecule has 0 aromatic heterocycles. The first-order chi connectivity index (χ1) is 16.9. The van der Waals surface area contributed by atoms with Gasteiger partial charge in [0.1, 0.15) is 0 Å². The van der Waals surface area contributed by atoms with E-state index >= 15 is 0 Å². The Kier molecular flexibility index (Phi) is 15.3.